The van der Waals surface area contributed by atoms with Gasteiger partial charge in [-0.25, -0.2) is 14.4 Å². The van der Waals surface area contributed by atoms with E-state index in [4.69, 9.17) is 4.74 Å². The van der Waals surface area contributed by atoms with Gasteiger partial charge in [0, 0.05) is 25.2 Å². The number of halogens is 1. The average Bonchev–Trinajstić information content (AvgIpc) is 3.42. The average molecular weight is 381 g/mol. The van der Waals surface area contributed by atoms with E-state index in [0.717, 1.165) is 12.1 Å². The minimum Gasteiger partial charge on any atom is -0.481 e. The molecule has 3 aromatic rings. The number of likely N-dealkylation sites (N-methyl/N-ethyl adjacent to an activating group) is 1. The van der Waals surface area contributed by atoms with Crippen LogP contribution in [-0.4, -0.2) is 34.1 Å². The van der Waals surface area contributed by atoms with E-state index in [1.807, 2.05) is 0 Å². The van der Waals surface area contributed by atoms with E-state index in [0.29, 0.717) is 39.9 Å². The molecule has 0 unspecified atom stereocenters. The molecule has 1 fully saturated rings. The van der Waals surface area contributed by atoms with Crippen LogP contribution in [0.25, 0.3) is 11.0 Å². The molecule has 8 heteroatoms. The van der Waals surface area contributed by atoms with Crippen LogP contribution < -0.4 is 15.0 Å². The summed E-state index contributed by atoms with van der Waals surface area (Å²) in [5.74, 6) is 1.20. The van der Waals surface area contributed by atoms with Crippen LogP contribution in [0.15, 0.2) is 24.7 Å². The minimum atomic E-state index is -0.350. The number of nitrogens with zero attached hydrogens (tertiary/aromatic N) is 4. The SMILES string of the molecule is Cc1c(F)c(Nc2cc3c(cn2)N(C)C(=O)CO3)cc2c1ncn2CC1CC1. The Balaban J connectivity index is 1.51. The maximum atomic E-state index is 14.9. The van der Waals surface area contributed by atoms with Crippen LogP contribution in [0.1, 0.15) is 18.4 Å². The van der Waals surface area contributed by atoms with Crippen molar-refractivity contribution in [3.05, 3.63) is 36.0 Å². The second-order valence-electron chi connectivity index (χ2n) is 7.47. The number of hydrogen-bond donors (Lipinski definition) is 1. The third-order valence-electron chi connectivity index (χ3n) is 5.43. The normalized spacial score (nSPS) is 16.2. The molecule has 3 heterocycles. The predicted molar refractivity (Wildman–Crippen MR) is 104 cm³/mol. The molecule has 2 aromatic heterocycles. The van der Waals surface area contributed by atoms with Crippen LogP contribution in [0.5, 0.6) is 5.75 Å². The summed E-state index contributed by atoms with van der Waals surface area (Å²) in [7, 11) is 1.68. The number of amides is 1. The van der Waals surface area contributed by atoms with Gasteiger partial charge in [0.05, 0.1) is 29.2 Å². The summed E-state index contributed by atoms with van der Waals surface area (Å²) in [6.45, 7) is 2.63. The molecule has 144 valence electrons. The standard InChI is InChI=1S/C20H20FN5O2/c1-11-19(21)13(5-14-20(11)23-10-26(14)8-12-3-4-12)24-17-6-16-15(7-22-17)25(2)18(27)9-28-16/h5-7,10,12H,3-4,8-9H2,1-2H3,(H,22,24). The van der Waals surface area contributed by atoms with E-state index in [2.05, 4.69) is 19.9 Å². The van der Waals surface area contributed by atoms with Gasteiger partial charge in [0.2, 0.25) is 0 Å². The van der Waals surface area contributed by atoms with Crippen LogP contribution in [0, 0.1) is 18.7 Å². The van der Waals surface area contributed by atoms with E-state index in [1.165, 1.54) is 17.7 Å². The maximum absolute atomic E-state index is 14.9. The molecule has 0 spiro atoms. The van der Waals surface area contributed by atoms with Gasteiger partial charge in [0.1, 0.15) is 17.3 Å². The fourth-order valence-corrected chi connectivity index (χ4v) is 3.53. The molecule has 7 nitrogen and oxygen atoms in total. The fraction of sp³-hybridized carbons (Fsp3) is 0.350. The van der Waals surface area contributed by atoms with Crippen molar-refractivity contribution in [3.8, 4) is 5.75 Å². The quantitative estimate of drug-likeness (QED) is 0.750. The van der Waals surface area contributed by atoms with Gasteiger partial charge < -0.3 is 19.5 Å². The summed E-state index contributed by atoms with van der Waals surface area (Å²) in [5, 5.41) is 3.06. The van der Waals surface area contributed by atoms with E-state index in [-0.39, 0.29) is 18.3 Å². The lowest BCUT2D eigenvalue weighted by atomic mass is 10.1. The van der Waals surface area contributed by atoms with E-state index in [1.54, 1.807) is 38.6 Å². The topological polar surface area (TPSA) is 72.3 Å². The molecule has 0 atom stereocenters. The molecular formula is C20H20FN5O2. The van der Waals surface area contributed by atoms with Crippen LogP contribution in [0.2, 0.25) is 0 Å². The van der Waals surface area contributed by atoms with Crippen molar-refractivity contribution < 1.29 is 13.9 Å². The number of pyridine rings is 1. The minimum absolute atomic E-state index is 0.0211. The van der Waals surface area contributed by atoms with Crippen molar-refractivity contribution in [1.29, 1.82) is 0 Å². The highest BCUT2D eigenvalue weighted by Crippen LogP contribution is 2.36. The van der Waals surface area contributed by atoms with Gasteiger partial charge in [0.25, 0.3) is 5.91 Å². The molecule has 0 radical (unpaired) electrons. The van der Waals surface area contributed by atoms with Gasteiger partial charge in [-0.2, -0.15) is 0 Å². The first-order chi connectivity index (χ1) is 13.5. The maximum Gasteiger partial charge on any atom is 0.264 e. The zero-order valence-electron chi connectivity index (χ0n) is 15.7. The zero-order chi connectivity index (χ0) is 19.4. The highest BCUT2D eigenvalue weighted by atomic mass is 19.1. The van der Waals surface area contributed by atoms with Gasteiger partial charge in [-0.1, -0.05) is 0 Å². The molecular weight excluding hydrogens is 361 g/mol. The third kappa shape index (κ3) is 2.76. The Morgan fingerprint density at radius 2 is 2.14 bits per heavy atom. The van der Waals surface area contributed by atoms with Gasteiger partial charge in [0.15, 0.2) is 12.4 Å². The number of aromatic nitrogens is 3. The number of fused-ring (bicyclic) bond motifs is 2. The third-order valence-corrected chi connectivity index (χ3v) is 5.43. The number of anilines is 3. The fourth-order valence-electron chi connectivity index (χ4n) is 3.53. The Morgan fingerprint density at radius 1 is 1.32 bits per heavy atom. The summed E-state index contributed by atoms with van der Waals surface area (Å²) in [6.07, 6.45) is 5.81. The smallest absolute Gasteiger partial charge is 0.264 e. The highest BCUT2D eigenvalue weighted by Gasteiger charge is 2.25. The van der Waals surface area contributed by atoms with Crippen LogP contribution in [0.4, 0.5) is 21.6 Å². The molecule has 1 aromatic carbocycles. The van der Waals surface area contributed by atoms with Crippen LogP contribution in [0.3, 0.4) is 0 Å². The monoisotopic (exact) mass is 381 g/mol. The first-order valence-corrected chi connectivity index (χ1v) is 9.31. The summed E-state index contributed by atoms with van der Waals surface area (Å²) in [4.78, 5) is 21.9. The predicted octanol–water partition coefficient (Wildman–Crippen LogP) is 3.39. The lowest BCUT2D eigenvalue weighted by Crippen LogP contribution is -2.35. The molecule has 0 saturated heterocycles. The highest BCUT2D eigenvalue weighted by molar-refractivity contribution is 5.97. The largest absolute Gasteiger partial charge is 0.481 e. The first-order valence-electron chi connectivity index (χ1n) is 9.31. The number of carbonyl (C=O) groups is 1. The summed E-state index contributed by atoms with van der Waals surface area (Å²) < 4.78 is 22.5. The molecule has 2 aliphatic rings. The number of imidazole rings is 1. The van der Waals surface area contributed by atoms with Crippen LogP contribution >= 0.6 is 0 Å². The zero-order valence-corrected chi connectivity index (χ0v) is 15.7. The first kappa shape index (κ1) is 17.0. The number of ether oxygens (including phenoxy) is 1. The second kappa shape index (κ2) is 6.19. The van der Waals surface area contributed by atoms with Crippen LogP contribution in [-0.2, 0) is 11.3 Å². The molecule has 1 aliphatic carbocycles. The molecule has 1 N–H and O–H groups in total. The van der Waals surface area contributed by atoms with Crippen molar-refractivity contribution in [2.75, 3.05) is 23.9 Å². The summed E-state index contributed by atoms with van der Waals surface area (Å²) >= 11 is 0. The number of nitrogens with one attached hydrogen (secondary N) is 1. The Kier molecular flexibility index (Phi) is 3.75. The van der Waals surface area contributed by atoms with Gasteiger partial charge >= 0.3 is 0 Å². The molecule has 5 rings (SSSR count). The Morgan fingerprint density at radius 3 is 2.93 bits per heavy atom. The molecule has 1 amide bonds. The Labute approximate surface area is 161 Å². The number of hydrogen-bond acceptors (Lipinski definition) is 5. The summed E-state index contributed by atoms with van der Waals surface area (Å²) in [6, 6.07) is 3.46. The molecule has 1 aliphatic heterocycles. The van der Waals surface area contributed by atoms with Crippen molar-refractivity contribution in [1.82, 2.24) is 14.5 Å². The van der Waals surface area contributed by atoms with Crippen molar-refractivity contribution in [2.45, 2.75) is 26.3 Å². The second-order valence-corrected chi connectivity index (χ2v) is 7.47. The van der Waals surface area contributed by atoms with Crippen molar-refractivity contribution in [2.24, 2.45) is 5.92 Å². The van der Waals surface area contributed by atoms with Crippen molar-refractivity contribution in [3.63, 3.8) is 0 Å². The van der Waals surface area contributed by atoms with E-state index in [9.17, 15) is 9.18 Å². The van der Waals surface area contributed by atoms with Gasteiger partial charge in [-0.15, -0.1) is 0 Å². The Hall–Kier alpha value is -3.16. The lowest BCUT2D eigenvalue weighted by Gasteiger charge is -2.25. The van der Waals surface area contributed by atoms with Crippen molar-refractivity contribution >= 4 is 34.1 Å². The van der Waals surface area contributed by atoms with Gasteiger partial charge in [-0.3, -0.25) is 4.79 Å². The van der Waals surface area contributed by atoms with Gasteiger partial charge in [-0.05, 0) is 31.7 Å². The Bertz CT molecular complexity index is 1110. The number of benzene rings is 1. The summed E-state index contributed by atoms with van der Waals surface area (Å²) in [5.41, 5.74) is 3.04. The molecule has 0 bridgehead atoms. The number of rotatable bonds is 4. The van der Waals surface area contributed by atoms with E-state index >= 15 is 0 Å². The lowest BCUT2D eigenvalue weighted by molar-refractivity contribution is -0.120. The molecule has 28 heavy (non-hydrogen) atoms. The number of carbonyl (C=O) groups excluding carboxylic acids is 1. The molecule has 1 saturated carbocycles. The number of aryl methyl sites for hydroxylation is 1. The van der Waals surface area contributed by atoms with E-state index < -0.39 is 0 Å².